The number of likely N-dealkylation sites (tertiary alicyclic amines) is 1. The van der Waals surface area contributed by atoms with Gasteiger partial charge in [0.2, 0.25) is 5.91 Å². The van der Waals surface area contributed by atoms with Gasteiger partial charge in [-0.15, -0.1) is 0 Å². The van der Waals surface area contributed by atoms with Gasteiger partial charge in [0, 0.05) is 25.9 Å². The number of rotatable bonds is 4. The predicted molar refractivity (Wildman–Crippen MR) is 88.8 cm³/mol. The summed E-state index contributed by atoms with van der Waals surface area (Å²) >= 11 is 0. The standard InChI is InChI=1S/C18H22FN3O2/c19-15-5-1-3-13(11-15)6-7-14-4-2-10-22(12-14)18(24)16-8-9-17(23)21-20-16/h1,3,5,11,14H,2,4,6-10,12H2,(H,21,23)/t14-/m1/s1. The molecule has 2 heterocycles. The molecule has 2 aliphatic heterocycles. The molecule has 2 amide bonds. The number of hydrogen-bond acceptors (Lipinski definition) is 3. The third-order valence-electron chi connectivity index (χ3n) is 4.69. The summed E-state index contributed by atoms with van der Waals surface area (Å²) in [6.45, 7) is 1.45. The summed E-state index contributed by atoms with van der Waals surface area (Å²) in [5.41, 5.74) is 3.82. The van der Waals surface area contributed by atoms with Crippen LogP contribution in [0.3, 0.4) is 0 Å². The minimum atomic E-state index is -0.203. The van der Waals surface area contributed by atoms with Crippen LogP contribution in [0.4, 0.5) is 4.39 Å². The Kier molecular flexibility index (Phi) is 5.23. The molecule has 6 heteroatoms. The Morgan fingerprint density at radius 2 is 2.25 bits per heavy atom. The maximum atomic E-state index is 13.2. The van der Waals surface area contributed by atoms with Crippen LogP contribution in [0.2, 0.25) is 0 Å². The largest absolute Gasteiger partial charge is 0.337 e. The van der Waals surface area contributed by atoms with Gasteiger partial charge in [-0.3, -0.25) is 9.59 Å². The summed E-state index contributed by atoms with van der Waals surface area (Å²) in [6.07, 6.45) is 4.55. The first kappa shape index (κ1) is 16.6. The van der Waals surface area contributed by atoms with E-state index in [9.17, 15) is 14.0 Å². The average molecular weight is 331 g/mol. The normalized spacial score (nSPS) is 21.2. The summed E-state index contributed by atoms with van der Waals surface area (Å²) in [7, 11) is 0. The van der Waals surface area contributed by atoms with E-state index in [4.69, 9.17) is 0 Å². The van der Waals surface area contributed by atoms with E-state index in [0.717, 1.165) is 37.8 Å². The minimum absolute atomic E-state index is 0.0644. The van der Waals surface area contributed by atoms with Gasteiger partial charge in [-0.1, -0.05) is 12.1 Å². The second kappa shape index (κ2) is 7.55. The lowest BCUT2D eigenvalue weighted by Gasteiger charge is -2.33. The fraction of sp³-hybridized carbons (Fsp3) is 0.500. The molecular formula is C18H22FN3O2. The number of hydrogen-bond donors (Lipinski definition) is 1. The van der Waals surface area contributed by atoms with Crippen molar-refractivity contribution in [2.75, 3.05) is 13.1 Å². The Hall–Kier alpha value is -2.24. The molecule has 0 saturated carbocycles. The number of hydrazone groups is 1. The number of nitrogens with zero attached hydrogens (tertiary/aromatic N) is 2. The van der Waals surface area contributed by atoms with E-state index >= 15 is 0 Å². The highest BCUT2D eigenvalue weighted by molar-refractivity contribution is 6.39. The van der Waals surface area contributed by atoms with E-state index in [2.05, 4.69) is 10.5 Å². The lowest BCUT2D eigenvalue weighted by Crippen LogP contribution is -2.45. The molecule has 3 rings (SSSR count). The number of amides is 2. The molecule has 0 spiro atoms. The Morgan fingerprint density at radius 1 is 1.38 bits per heavy atom. The van der Waals surface area contributed by atoms with Crippen molar-refractivity contribution in [2.45, 2.75) is 38.5 Å². The van der Waals surface area contributed by atoms with Crippen molar-refractivity contribution in [3.63, 3.8) is 0 Å². The third-order valence-corrected chi connectivity index (χ3v) is 4.69. The molecule has 1 N–H and O–H groups in total. The number of carbonyl (C=O) groups excluding carboxylic acids is 2. The zero-order chi connectivity index (χ0) is 16.9. The lowest BCUT2D eigenvalue weighted by atomic mass is 9.91. The van der Waals surface area contributed by atoms with Gasteiger partial charge in [-0.2, -0.15) is 5.10 Å². The van der Waals surface area contributed by atoms with Crippen LogP contribution in [-0.4, -0.2) is 35.5 Å². The lowest BCUT2D eigenvalue weighted by molar-refractivity contribution is -0.126. The highest BCUT2D eigenvalue weighted by atomic mass is 19.1. The zero-order valence-electron chi connectivity index (χ0n) is 13.6. The molecule has 1 saturated heterocycles. The van der Waals surface area contributed by atoms with Crippen LogP contribution in [0.5, 0.6) is 0 Å². The number of piperidine rings is 1. The van der Waals surface area contributed by atoms with Crippen molar-refractivity contribution in [2.24, 2.45) is 11.0 Å². The van der Waals surface area contributed by atoms with Crippen molar-refractivity contribution in [1.29, 1.82) is 0 Å². The molecule has 24 heavy (non-hydrogen) atoms. The maximum absolute atomic E-state index is 13.2. The summed E-state index contributed by atoms with van der Waals surface area (Å²) in [5, 5.41) is 3.90. The van der Waals surface area contributed by atoms with E-state index in [1.165, 1.54) is 6.07 Å². The first-order valence-corrected chi connectivity index (χ1v) is 8.51. The Morgan fingerprint density at radius 3 is 3.00 bits per heavy atom. The highest BCUT2D eigenvalue weighted by Crippen LogP contribution is 2.22. The van der Waals surface area contributed by atoms with Crippen molar-refractivity contribution >= 4 is 17.5 Å². The molecule has 2 aliphatic rings. The first-order chi connectivity index (χ1) is 11.6. The molecule has 1 aromatic rings. The fourth-order valence-electron chi connectivity index (χ4n) is 3.36. The highest BCUT2D eigenvalue weighted by Gasteiger charge is 2.28. The number of nitrogens with one attached hydrogen (secondary N) is 1. The van der Waals surface area contributed by atoms with Gasteiger partial charge in [0.25, 0.3) is 5.91 Å². The summed E-state index contributed by atoms with van der Waals surface area (Å²) < 4.78 is 13.2. The van der Waals surface area contributed by atoms with Gasteiger partial charge in [-0.25, -0.2) is 9.82 Å². The number of aryl methyl sites for hydroxylation is 1. The van der Waals surface area contributed by atoms with Crippen LogP contribution in [0, 0.1) is 11.7 Å². The van der Waals surface area contributed by atoms with E-state index in [1.807, 2.05) is 11.0 Å². The Labute approximate surface area is 140 Å². The molecule has 0 aromatic heterocycles. The molecule has 1 aromatic carbocycles. The van der Waals surface area contributed by atoms with Gasteiger partial charge >= 0.3 is 0 Å². The monoisotopic (exact) mass is 331 g/mol. The van der Waals surface area contributed by atoms with Crippen LogP contribution in [-0.2, 0) is 16.0 Å². The topological polar surface area (TPSA) is 61.8 Å². The number of halogens is 1. The molecule has 128 valence electrons. The number of carbonyl (C=O) groups is 2. The molecule has 1 atom stereocenters. The summed E-state index contributed by atoms with van der Waals surface area (Å²) in [6, 6.07) is 6.70. The van der Waals surface area contributed by atoms with Crippen LogP contribution in [0.1, 0.15) is 37.7 Å². The average Bonchev–Trinajstić information content (AvgIpc) is 2.60. The van der Waals surface area contributed by atoms with Crippen LogP contribution in [0.15, 0.2) is 29.4 Å². The zero-order valence-corrected chi connectivity index (χ0v) is 13.6. The predicted octanol–water partition coefficient (Wildman–Crippen LogP) is 2.26. The minimum Gasteiger partial charge on any atom is -0.337 e. The van der Waals surface area contributed by atoms with E-state index in [0.29, 0.717) is 31.0 Å². The van der Waals surface area contributed by atoms with Gasteiger partial charge in [-0.05, 0) is 49.3 Å². The van der Waals surface area contributed by atoms with Crippen molar-refractivity contribution < 1.29 is 14.0 Å². The fourth-order valence-corrected chi connectivity index (χ4v) is 3.36. The third kappa shape index (κ3) is 4.19. The van der Waals surface area contributed by atoms with Gasteiger partial charge in [0.1, 0.15) is 11.5 Å². The van der Waals surface area contributed by atoms with Gasteiger partial charge < -0.3 is 4.90 Å². The summed E-state index contributed by atoms with van der Waals surface area (Å²) in [4.78, 5) is 25.5. The molecular weight excluding hydrogens is 309 g/mol. The Bertz CT molecular complexity index is 659. The Balaban J connectivity index is 1.54. The molecule has 5 nitrogen and oxygen atoms in total. The molecule has 1 fully saturated rings. The van der Waals surface area contributed by atoms with Crippen molar-refractivity contribution in [3.05, 3.63) is 35.6 Å². The quantitative estimate of drug-likeness (QED) is 0.920. The first-order valence-electron chi connectivity index (χ1n) is 8.51. The van der Waals surface area contributed by atoms with Crippen LogP contribution >= 0.6 is 0 Å². The summed E-state index contributed by atoms with van der Waals surface area (Å²) in [5.74, 6) is 0.0127. The van der Waals surface area contributed by atoms with Crippen LogP contribution < -0.4 is 5.43 Å². The molecule has 0 radical (unpaired) electrons. The number of benzene rings is 1. The van der Waals surface area contributed by atoms with Crippen molar-refractivity contribution in [3.8, 4) is 0 Å². The van der Waals surface area contributed by atoms with E-state index in [1.54, 1.807) is 12.1 Å². The molecule has 0 aliphatic carbocycles. The molecule has 0 bridgehead atoms. The van der Waals surface area contributed by atoms with Gasteiger partial charge in [0.05, 0.1) is 0 Å². The van der Waals surface area contributed by atoms with E-state index in [-0.39, 0.29) is 17.6 Å². The SMILES string of the molecule is O=C1CCC(C(=O)N2CCC[C@H](CCc3cccc(F)c3)C2)=NN1. The smallest absolute Gasteiger partial charge is 0.270 e. The second-order valence-corrected chi connectivity index (χ2v) is 6.52. The van der Waals surface area contributed by atoms with Crippen LogP contribution in [0.25, 0.3) is 0 Å². The maximum Gasteiger partial charge on any atom is 0.270 e. The van der Waals surface area contributed by atoms with E-state index < -0.39 is 0 Å². The van der Waals surface area contributed by atoms with Gasteiger partial charge in [0.15, 0.2) is 0 Å². The molecule has 0 unspecified atom stereocenters. The van der Waals surface area contributed by atoms with Crippen molar-refractivity contribution in [1.82, 2.24) is 10.3 Å². The second-order valence-electron chi connectivity index (χ2n) is 6.52.